The fourth-order valence-electron chi connectivity index (χ4n) is 1.47. The molecule has 0 aliphatic rings. The first-order valence-corrected chi connectivity index (χ1v) is 7.98. The number of hydrogen-bond donors (Lipinski definition) is 2. The Morgan fingerprint density at radius 3 is 2.55 bits per heavy atom. The van der Waals surface area contributed by atoms with Gasteiger partial charge in [-0.25, -0.2) is 12.8 Å². The van der Waals surface area contributed by atoms with E-state index in [1.807, 2.05) is 0 Å². The third kappa shape index (κ3) is 3.23. The minimum Gasteiger partial charge on any atom is -0.396 e. The van der Waals surface area contributed by atoms with E-state index < -0.39 is 15.8 Å². The Morgan fingerprint density at radius 2 is 1.90 bits per heavy atom. The Kier molecular flexibility index (Phi) is 4.22. The molecular weight excluding hydrogens is 371 g/mol. The molecule has 3 N–H and O–H groups in total. The number of nitrogens with one attached hydrogen (secondary N) is 1. The van der Waals surface area contributed by atoms with Gasteiger partial charge in [-0.1, -0.05) is 27.5 Å². The SMILES string of the molecule is Nc1cc(S(=O)(=O)Nc2cc(Br)ccc2Cl)ccc1F. The second-order valence-corrected chi connectivity index (χ2v) is 6.92. The first-order chi connectivity index (χ1) is 9.29. The van der Waals surface area contributed by atoms with Gasteiger partial charge in [0.2, 0.25) is 0 Å². The first-order valence-electron chi connectivity index (χ1n) is 5.32. The minimum absolute atomic E-state index is 0.146. The number of rotatable bonds is 3. The topological polar surface area (TPSA) is 72.2 Å². The highest BCUT2D eigenvalue weighted by Gasteiger charge is 2.17. The van der Waals surface area contributed by atoms with Crippen molar-refractivity contribution < 1.29 is 12.8 Å². The molecule has 0 fully saturated rings. The molecule has 0 radical (unpaired) electrons. The van der Waals surface area contributed by atoms with E-state index in [4.69, 9.17) is 17.3 Å². The quantitative estimate of drug-likeness (QED) is 0.800. The molecule has 0 aliphatic carbocycles. The molecule has 20 heavy (non-hydrogen) atoms. The van der Waals surface area contributed by atoms with Gasteiger partial charge in [-0.15, -0.1) is 0 Å². The van der Waals surface area contributed by atoms with Crippen molar-refractivity contribution in [2.24, 2.45) is 0 Å². The zero-order valence-electron chi connectivity index (χ0n) is 9.90. The largest absolute Gasteiger partial charge is 0.396 e. The van der Waals surface area contributed by atoms with Crippen molar-refractivity contribution >= 4 is 48.9 Å². The van der Waals surface area contributed by atoms with E-state index in [-0.39, 0.29) is 21.3 Å². The maximum atomic E-state index is 13.1. The maximum absolute atomic E-state index is 13.1. The summed E-state index contributed by atoms with van der Waals surface area (Å²) in [6, 6.07) is 7.90. The minimum atomic E-state index is -3.89. The fourth-order valence-corrected chi connectivity index (χ4v) is 3.16. The van der Waals surface area contributed by atoms with Crippen molar-refractivity contribution in [1.29, 1.82) is 0 Å². The molecule has 0 aliphatic heterocycles. The van der Waals surface area contributed by atoms with Gasteiger partial charge >= 0.3 is 0 Å². The molecule has 0 amide bonds. The van der Waals surface area contributed by atoms with E-state index in [2.05, 4.69) is 20.7 Å². The van der Waals surface area contributed by atoms with Gasteiger partial charge < -0.3 is 5.73 Å². The van der Waals surface area contributed by atoms with Gasteiger partial charge in [0.05, 0.1) is 21.3 Å². The van der Waals surface area contributed by atoms with Crippen molar-refractivity contribution in [1.82, 2.24) is 0 Å². The van der Waals surface area contributed by atoms with E-state index in [0.717, 1.165) is 18.2 Å². The van der Waals surface area contributed by atoms with Gasteiger partial charge in [0.15, 0.2) is 0 Å². The summed E-state index contributed by atoms with van der Waals surface area (Å²) in [5.41, 5.74) is 5.33. The van der Waals surface area contributed by atoms with Crippen LogP contribution in [0.4, 0.5) is 15.8 Å². The number of halogens is 3. The van der Waals surface area contributed by atoms with Gasteiger partial charge in [0, 0.05) is 4.47 Å². The molecule has 2 rings (SSSR count). The summed E-state index contributed by atoms with van der Waals surface area (Å²) in [7, 11) is -3.89. The normalized spacial score (nSPS) is 11.3. The van der Waals surface area contributed by atoms with Crippen LogP contribution in [0.2, 0.25) is 5.02 Å². The van der Waals surface area contributed by atoms with Crippen LogP contribution in [0, 0.1) is 5.82 Å². The summed E-state index contributed by atoms with van der Waals surface area (Å²) in [4.78, 5) is -0.146. The molecule has 2 aromatic carbocycles. The molecule has 8 heteroatoms. The van der Waals surface area contributed by atoms with E-state index in [1.54, 1.807) is 12.1 Å². The molecule has 0 aromatic heterocycles. The van der Waals surface area contributed by atoms with Gasteiger partial charge in [-0.3, -0.25) is 4.72 Å². The summed E-state index contributed by atoms with van der Waals surface area (Å²) < 4.78 is 40.4. The third-order valence-corrected chi connectivity index (χ3v) is 4.64. The van der Waals surface area contributed by atoms with Crippen molar-refractivity contribution in [2.45, 2.75) is 4.90 Å². The van der Waals surface area contributed by atoms with Gasteiger partial charge in [-0.05, 0) is 36.4 Å². The molecule has 0 atom stereocenters. The number of anilines is 2. The second kappa shape index (κ2) is 5.59. The first kappa shape index (κ1) is 15.1. The maximum Gasteiger partial charge on any atom is 0.262 e. The third-order valence-electron chi connectivity index (χ3n) is 2.45. The number of sulfonamides is 1. The van der Waals surface area contributed by atoms with Crippen LogP contribution in [0.1, 0.15) is 0 Å². The zero-order chi connectivity index (χ0) is 14.9. The average molecular weight is 380 g/mol. The molecule has 0 saturated carbocycles. The average Bonchev–Trinajstić information content (AvgIpc) is 2.36. The van der Waals surface area contributed by atoms with Gasteiger partial charge in [-0.2, -0.15) is 0 Å². The predicted octanol–water partition coefficient (Wildman–Crippen LogP) is 3.62. The van der Waals surface area contributed by atoms with E-state index in [1.165, 1.54) is 6.07 Å². The van der Waals surface area contributed by atoms with E-state index in [9.17, 15) is 12.8 Å². The number of benzene rings is 2. The lowest BCUT2D eigenvalue weighted by molar-refractivity contribution is 0.600. The van der Waals surface area contributed by atoms with Crippen LogP contribution < -0.4 is 10.5 Å². The Hall–Kier alpha value is -1.31. The van der Waals surface area contributed by atoms with Gasteiger partial charge in [0.25, 0.3) is 10.0 Å². The number of nitrogen functional groups attached to an aromatic ring is 1. The van der Waals surface area contributed by atoms with Crippen LogP contribution in [0.15, 0.2) is 45.8 Å². The lowest BCUT2D eigenvalue weighted by Gasteiger charge is -2.10. The monoisotopic (exact) mass is 378 g/mol. The molecule has 0 heterocycles. The summed E-state index contributed by atoms with van der Waals surface area (Å²) in [6.45, 7) is 0. The highest BCUT2D eigenvalue weighted by atomic mass is 79.9. The summed E-state index contributed by atoms with van der Waals surface area (Å²) in [5.74, 6) is -0.676. The van der Waals surface area contributed by atoms with Crippen LogP contribution in [0.5, 0.6) is 0 Å². The van der Waals surface area contributed by atoms with Crippen LogP contribution >= 0.6 is 27.5 Å². The number of hydrogen-bond acceptors (Lipinski definition) is 3. The Bertz CT molecular complexity index is 768. The molecule has 0 saturated heterocycles. The smallest absolute Gasteiger partial charge is 0.262 e. The summed E-state index contributed by atoms with van der Waals surface area (Å²) in [6.07, 6.45) is 0. The molecule has 2 aromatic rings. The zero-order valence-corrected chi connectivity index (χ0v) is 13.1. The predicted molar refractivity (Wildman–Crippen MR) is 80.8 cm³/mol. The van der Waals surface area contributed by atoms with E-state index >= 15 is 0 Å². The van der Waals surface area contributed by atoms with Crippen molar-refractivity contribution in [3.05, 3.63) is 51.7 Å². The van der Waals surface area contributed by atoms with E-state index in [0.29, 0.717) is 4.47 Å². The molecular formula is C12H9BrClFN2O2S. The Labute approximate surface area is 128 Å². The van der Waals surface area contributed by atoms with Gasteiger partial charge in [0.1, 0.15) is 5.82 Å². The Balaban J connectivity index is 2.40. The number of nitrogens with two attached hydrogens (primary N) is 1. The lowest BCUT2D eigenvalue weighted by atomic mass is 10.3. The molecule has 0 unspecified atom stereocenters. The highest BCUT2D eigenvalue weighted by Crippen LogP contribution is 2.28. The lowest BCUT2D eigenvalue weighted by Crippen LogP contribution is -2.13. The van der Waals surface area contributed by atoms with Crippen molar-refractivity contribution in [3.63, 3.8) is 0 Å². The molecule has 106 valence electrons. The highest BCUT2D eigenvalue weighted by molar-refractivity contribution is 9.10. The van der Waals surface area contributed by atoms with Crippen LogP contribution in [-0.2, 0) is 10.0 Å². The van der Waals surface area contributed by atoms with Crippen LogP contribution in [-0.4, -0.2) is 8.42 Å². The molecule has 0 spiro atoms. The van der Waals surface area contributed by atoms with Crippen LogP contribution in [0.25, 0.3) is 0 Å². The van der Waals surface area contributed by atoms with Crippen molar-refractivity contribution in [3.8, 4) is 0 Å². The summed E-state index contributed by atoms with van der Waals surface area (Å²) >= 11 is 9.13. The summed E-state index contributed by atoms with van der Waals surface area (Å²) in [5, 5.41) is 0.242. The standard InChI is InChI=1S/C12H9BrClFN2O2S/c13-7-1-3-9(14)12(5-7)17-20(18,19)8-2-4-10(15)11(16)6-8/h1-6,17H,16H2. The second-order valence-electron chi connectivity index (χ2n) is 3.91. The van der Waals surface area contributed by atoms with Crippen molar-refractivity contribution in [2.75, 3.05) is 10.5 Å². The molecule has 4 nitrogen and oxygen atoms in total. The van der Waals surface area contributed by atoms with Crippen LogP contribution in [0.3, 0.4) is 0 Å². The fraction of sp³-hybridized carbons (Fsp3) is 0. The molecule has 0 bridgehead atoms. The Morgan fingerprint density at radius 1 is 1.20 bits per heavy atom.